The molecule has 2 saturated heterocycles. The highest BCUT2D eigenvalue weighted by Gasteiger charge is 2.37. The number of rotatable bonds is 5. The van der Waals surface area contributed by atoms with Crippen LogP contribution < -0.4 is 0 Å². The third-order valence-corrected chi connectivity index (χ3v) is 6.41. The second kappa shape index (κ2) is 9.87. The van der Waals surface area contributed by atoms with Gasteiger partial charge in [-0.15, -0.1) is 0 Å². The molecular formula is C25H26F3N3O3. The number of likely N-dealkylation sites (tertiary alicyclic amines) is 1. The van der Waals surface area contributed by atoms with Gasteiger partial charge in [0.15, 0.2) is 0 Å². The molecule has 6 nitrogen and oxygen atoms in total. The Bertz CT molecular complexity index is 1030. The van der Waals surface area contributed by atoms with Crippen LogP contribution in [0.15, 0.2) is 54.6 Å². The molecule has 1 atom stereocenters. The molecule has 180 valence electrons. The molecule has 1 unspecified atom stereocenters. The Balaban J connectivity index is 1.27. The van der Waals surface area contributed by atoms with E-state index in [1.54, 1.807) is 14.7 Å². The number of alkyl halides is 3. The van der Waals surface area contributed by atoms with Crippen molar-refractivity contribution < 1.29 is 27.6 Å². The van der Waals surface area contributed by atoms with Crippen molar-refractivity contribution in [2.75, 3.05) is 39.3 Å². The summed E-state index contributed by atoms with van der Waals surface area (Å²) in [6, 6.07) is 14.0. The summed E-state index contributed by atoms with van der Waals surface area (Å²) >= 11 is 0. The zero-order valence-corrected chi connectivity index (χ0v) is 18.6. The summed E-state index contributed by atoms with van der Waals surface area (Å²) in [6.45, 7) is 2.23. The van der Waals surface area contributed by atoms with Crippen molar-refractivity contribution >= 4 is 17.7 Å². The summed E-state index contributed by atoms with van der Waals surface area (Å²) in [7, 11) is 0. The summed E-state index contributed by atoms with van der Waals surface area (Å²) in [5.74, 6) is -0.855. The maximum Gasteiger partial charge on any atom is 0.416 e. The molecule has 0 bridgehead atoms. The van der Waals surface area contributed by atoms with Crippen LogP contribution in [-0.4, -0.2) is 71.7 Å². The standard InChI is InChI=1S/C25H26F3N3O3/c26-25(27,28)21-8-6-19(7-9-21)23(33)29-12-14-30(15-13-29)24(34)20-16-22(32)31(17-20)11-10-18-4-2-1-3-5-18/h1-9,20H,10-17H2. The molecule has 2 fully saturated rings. The molecule has 2 aliphatic heterocycles. The largest absolute Gasteiger partial charge is 0.416 e. The van der Waals surface area contributed by atoms with E-state index in [0.717, 1.165) is 24.1 Å². The van der Waals surface area contributed by atoms with Crippen LogP contribution in [0.25, 0.3) is 0 Å². The first-order chi connectivity index (χ1) is 16.2. The van der Waals surface area contributed by atoms with Gasteiger partial charge in [-0.25, -0.2) is 0 Å². The lowest BCUT2D eigenvalue weighted by Crippen LogP contribution is -2.52. The lowest BCUT2D eigenvalue weighted by Gasteiger charge is -2.36. The SMILES string of the molecule is O=C1CC(C(=O)N2CCN(C(=O)c3ccc(C(F)(F)F)cc3)CC2)CN1CCc1ccccc1. The van der Waals surface area contributed by atoms with Crippen LogP contribution in [-0.2, 0) is 22.2 Å². The molecule has 3 amide bonds. The Kier molecular flexibility index (Phi) is 6.90. The van der Waals surface area contributed by atoms with E-state index < -0.39 is 11.7 Å². The van der Waals surface area contributed by atoms with Gasteiger partial charge in [-0.1, -0.05) is 30.3 Å². The third kappa shape index (κ3) is 5.40. The number of nitrogens with zero attached hydrogens (tertiary/aromatic N) is 3. The molecule has 2 aliphatic rings. The maximum atomic E-state index is 13.0. The zero-order chi connectivity index (χ0) is 24.3. The van der Waals surface area contributed by atoms with Gasteiger partial charge in [0.25, 0.3) is 5.91 Å². The highest BCUT2D eigenvalue weighted by molar-refractivity contribution is 5.94. The number of hydrogen-bond donors (Lipinski definition) is 0. The molecule has 9 heteroatoms. The molecule has 4 rings (SSSR count). The lowest BCUT2D eigenvalue weighted by atomic mass is 10.1. The Morgan fingerprint density at radius 2 is 1.50 bits per heavy atom. The van der Waals surface area contributed by atoms with E-state index in [0.29, 0.717) is 39.3 Å². The Labute approximate surface area is 195 Å². The monoisotopic (exact) mass is 473 g/mol. The van der Waals surface area contributed by atoms with E-state index in [2.05, 4.69) is 0 Å². The topological polar surface area (TPSA) is 60.9 Å². The molecule has 0 spiro atoms. The average Bonchev–Trinajstić information content (AvgIpc) is 3.22. The van der Waals surface area contributed by atoms with Gasteiger partial charge in [-0.2, -0.15) is 13.2 Å². The number of benzene rings is 2. The lowest BCUT2D eigenvalue weighted by molar-refractivity contribution is -0.138. The smallest absolute Gasteiger partial charge is 0.342 e. The van der Waals surface area contributed by atoms with E-state index >= 15 is 0 Å². The van der Waals surface area contributed by atoms with E-state index in [-0.39, 0.29) is 35.6 Å². The molecule has 2 aromatic rings. The first kappa shape index (κ1) is 23.8. The van der Waals surface area contributed by atoms with Gasteiger partial charge < -0.3 is 14.7 Å². The summed E-state index contributed by atoms with van der Waals surface area (Å²) in [4.78, 5) is 43.0. The van der Waals surface area contributed by atoms with Crippen molar-refractivity contribution in [3.8, 4) is 0 Å². The van der Waals surface area contributed by atoms with Crippen LogP contribution >= 0.6 is 0 Å². The van der Waals surface area contributed by atoms with Crippen LogP contribution in [0, 0.1) is 5.92 Å². The molecule has 2 heterocycles. The minimum atomic E-state index is -4.45. The van der Waals surface area contributed by atoms with Crippen molar-refractivity contribution in [3.05, 3.63) is 71.3 Å². The van der Waals surface area contributed by atoms with E-state index in [9.17, 15) is 27.6 Å². The number of carbonyl (C=O) groups is 3. The molecule has 0 aromatic heterocycles. The second-order valence-corrected chi connectivity index (χ2v) is 8.67. The maximum absolute atomic E-state index is 13.0. The van der Waals surface area contributed by atoms with Gasteiger partial charge in [0, 0.05) is 51.3 Å². The Morgan fingerprint density at radius 3 is 2.12 bits per heavy atom. The fourth-order valence-corrected chi connectivity index (χ4v) is 4.43. The van der Waals surface area contributed by atoms with Gasteiger partial charge in [0.1, 0.15) is 0 Å². The summed E-state index contributed by atoms with van der Waals surface area (Å²) in [5, 5.41) is 0. The molecule has 0 radical (unpaired) electrons. The van der Waals surface area contributed by atoms with Gasteiger partial charge in [0.05, 0.1) is 11.5 Å². The molecule has 2 aromatic carbocycles. The van der Waals surface area contributed by atoms with Gasteiger partial charge in [-0.3, -0.25) is 14.4 Å². The summed E-state index contributed by atoms with van der Waals surface area (Å²) in [6.07, 6.45) is -3.52. The van der Waals surface area contributed by atoms with Gasteiger partial charge in [0.2, 0.25) is 11.8 Å². The zero-order valence-electron chi connectivity index (χ0n) is 18.6. The van der Waals surface area contributed by atoms with E-state index in [1.165, 1.54) is 12.1 Å². The molecule has 34 heavy (non-hydrogen) atoms. The average molecular weight is 473 g/mol. The molecular weight excluding hydrogens is 447 g/mol. The molecule has 0 N–H and O–H groups in total. The van der Waals surface area contributed by atoms with Gasteiger partial charge >= 0.3 is 6.18 Å². The fourth-order valence-electron chi connectivity index (χ4n) is 4.43. The van der Waals surface area contributed by atoms with E-state index in [4.69, 9.17) is 0 Å². The fraction of sp³-hybridized carbons (Fsp3) is 0.400. The first-order valence-electron chi connectivity index (χ1n) is 11.3. The number of piperazine rings is 1. The first-order valence-corrected chi connectivity index (χ1v) is 11.3. The Morgan fingerprint density at radius 1 is 0.882 bits per heavy atom. The van der Waals surface area contributed by atoms with Crippen LogP contribution in [0.4, 0.5) is 13.2 Å². The minimum absolute atomic E-state index is 0.0228. The van der Waals surface area contributed by atoms with Crippen molar-refractivity contribution in [3.63, 3.8) is 0 Å². The highest BCUT2D eigenvalue weighted by Crippen LogP contribution is 2.29. The third-order valence-electron chi connectivity index (χ3n) is 6.41. The number of carbonyl (C=O) groups excluding carboxylic acids is 3. The summed E-state index contributed by atoms with van der Waals surface area (Å²) in [5.41, 5.74) is 0.519. The van der Waals surface area contributed by atoms with Crippen LogP contribution in [0.5, 0.6) is 0 Å². The van der Waals surface area contributed by atoms with Crippen molar-refractivity contribution in [1.29, 1.82) is 0 Å². The van der Waals surface area contributed by atoms with Gasteiger partial charge in [-0.05, 0) is 36.2 Å². The number of amides is 3. The Hall–Kier alpha value is -3.36. The quantitative estimate of drug-likeness (QED) is 0.671. The summed E-state index contributed by atoms with van der Waals surface area (Å²) < 4.78 is 38.2. The number of hydrogen-bond acceptors (Lipinski definition) is 3. The van der Waals surface area contributed by atoms with Crippen LogP contribution in [0.2, 0.25) is 0 Å². The predicted molar refractivity (Wildman–Crippen MR) is 119 cm³/mol. The van der Waals surface area contributed by atoms with Crippen molar-refractivity contribution in [1.82, 2.24) is 14.7 Å². The van der Waals surface area contributed by atoms with Crippen molar-refractivity contribution in [2.24, 2.45) is 5.92 Å². The van der Waals surface area contributed by atoms with Crippen LogP contribution in [0.1, 0.15) is 27.9 Å². The van der Waals surface area contributed by atoms with Crippen molar-refractivity contribution in [2.45, 2.75) is 19.0 Å². The van der Waals surface area contributed by atoms with Crippen LogP contribution in [0.3, 0.4) is 0 Å². The van der Waals surface area contributed by atoms with E-state index in [1.807, 2.05) is 30.3 Å². The second-order valence-electron chi connectivity index (χ2n) is 8.67. The normalized spacial score (nSPS) is 19.0. The predicted octanol–water partition coefficient (Wildman–Crippen LogP) is 3.08. The number of halogens is 3. The molecule has 0 aliphatic carbocycles. The minimum Gasteiger partial charge on any atom is -0.342 e. The molecule has 0 saturated carbocycles. The highest BCUT2D eigenvalue weighted by atomic mass is 19.4.